The second-order valence-electron chi connectivity index (χ2n) is 6.16. The molecule has 3 N–H and O–H groups in total. The first-order valence-electron chi connectivity index (χ1n) is 8.54. The topological polar surface area (TPSA) is 76.7 Å². The Labute approximate surface area is 147 Å². The zero-order valence-corrected chi connectivity index (χ0v) is 14.4. The number of aliphatic imine (C=N–C) groups is 1. The number of hydrogen-bond donors (Lipinski definition) is 2. The lowest BCUT2D eigenvalue weighted by Crippen LogP contribution is -2.32. The summed E-state index contributed by atoms with van der Waals surface area (Å²) < 4.78 is 4.70. The van der Waals surface area contributed by atoms with E-state index in [2.05, 4.69) is 17.4 Å². The number of ether oxygens (including phenoxy) is 1. The summed E-state index contributed by atoms with van der Waals surface area (Å²) in [4.78, 5) is 16.1. The van der Waals surface area contributed by atoms with Crippen LogP contribution in [0.1, 0.15) is 31.2 Å². The zero-order valence-electron chi connectivity index (χ0n) is 14.4. The molecule has 1 unspecified atom stereocenters. The van der Waals surface area contributed by atoms with E-state index in [1.807, 2.05) is 36.4 Å². The van der Waals surface area contributed by atoms with Gasteiger partial charge in [-0.25, -0.2) is 4.99 Å². The minimum Gasteiger partial charge on any atom is -0.469 e. The lowest BCUT2D eigenvalue weighted by molar-refractivity contribution is -0.140. The molecule has 0 aromatic heterocycles. The molecule has 0 amide bonds. The third-order valence-electron chi connectivity index (χ3n) is 4.34. The predicted octanol–water partition coefficient (Wildman–Crippen LogP) is 3.92. The number of nitrogens with zero attached hydrogens (tertiary/aromatic N) is 1. The van der Waals surface area contributed by atoms with Crippen LogP contribution in [0.25, 0.3) is 0 Å². The molecular formula is C20H23N3O2. The summed E-state index contributed by atoms with van der Waals surface area (Å²) in [6, 6.07) is 16.0. The Balaban J connectivity index is 1.79. The van der Waals surface area contributed by atoms with Gasteiger partial charge in [0.2, 0.25) is 0 Å². The summed E-state index contributed by atoms with van der Waals surface area (Å²) in [5.74, 6) is -0.160. The molecule has 0 fully saturated rings. The summed E-state index contributed by atoms with van der Waals surface area (Å²) in [5, 5.41) is 3.56. The fourth-order valence-corrected chi connectivity index (χ4v) is 3.03. The van der Waals surface area contributed by atoms with Gasteiger partial charge in [0.1, 0.15) is 0 Å². The van der Waals surface area contributed by atoms with Crippen LogP contribution in [0.15, 0.2) is 53.5 Å². The van der Waals surface area contributed by atoms with Gasteiger partial charge in [0.05, 0.1) is 30.2 Å². The zero-order chi connectivity index (χ0) is 17.6. The van der Waals surface area contributed by atoms with Gasteiger partial charge in [0.15, 0.2) is 0 Å². The van der Waals surface area contributed by atoms with Gasteiger partial charge in [0, 0.05) is 12.1 Å². The van der Waals surface area contributed by atoms with E-state index in [1.54, 1.807) is 0 Å². The number of nitrogens with two attached hydrogens (primary N) is 1. The second kappa shape index (κ2) is 7.83. The van der Waals surface area contributed by atoms with E-state index in [0.717, 1.165) is 41.9 Å². The third kappa shape index (κ3) is 4.18. The molecule has 0 saturated heterocycles. The summed E-state index contributed by atoms with van der Waals surface area (Å²) >= 11 is 0. The average molecular weight is 337 g/mol. The van der Waals surface area contributed by atoms with Crippen LogP contribution >= 0.6 is 0 Å². The van der Waals surface area contributed by atoms with Crippen LogP contribution in [0, 0.1) is 0 Å². The van der Waals surface area contributed by atoms with Crippen molar-refractivity contribution in [1.82, 2.24) is 0 Å². The summed E-state index contributed by atoms with van der Waals surface area (Å²) in [7, 11) is 1.42. The summed E-state index contributed by atoms with van der Waals surface area (Å²) in [6.07, 6.45) is 3.05. The summed E-state index contributed by atoms with van der Waals surface area (Å²) in [6.45, 7) is 0. The lowest BCUT2D eigenvalue weighted by Gasteiger charge is -2.27. The highest BCUT2D eigenvalue weighted by molar-refractivity contribution is 6.09. The molecule has 3 rings (SSSR count). The molecule has 2 aromatic carbocycles. The van der Waals surface area contributed by atoms with E-state index < -0.39 is 0 Å². The molecule has 0 spiro atoms. The Morgan fingerprint density at radius 3 is 2.76 bits per heavy atom. The van der Waals surface area contributed by atoms with Gasteiger partial charge in [-0.15, -0.1) is 0 Å². The third-order valence-corrected chi connectivity index (χ3v) is 4.34. The minimum atomic E-state index is -0.160. The molecule has 1 heterocycles. The molecule has 130 valence electrons. The fraction of sp³-hybridized carbons (Fsp3) is 0.300. The molecular weight excluding hydrogens is 314 g/mol. The number of nitrogen functional groups attached to an aromatic ring is 1. The Morgan fingerprint density at radius 2 is 2.00 bits per heavy atom. The Hall–Kier alpha value is -2.82. The first-order valence-corrected chi connectivity index (χ1v) is 8.54. The molecule has 0 saturated carbocycles. The molecule has 0 bridgehead atoms. The van der Waals surface area contributed by atoms with Crippen molar-refractivity contribution in [2.75, 3.05) is 18.2 Å². The Bertz CT molecular complexity index is 772. The highest BCUT2D eigenvalue weighted by Crippen LogP contribution is 2.34. The first kappa shape index (κ1) is 17.0. The number of anilines is 2. The van der Waals surface area contributed by atoms with Crippen molar-refractivity contribution < 1.29 is 9.53 Å². The smallest absolute Gasteiger partial charge is 0.305 e. The van der Waals surface area contributed by atoms with Crippen LogP contribution in [0.4, 0.5) is 17.1 Å². The van der Waals surface area contributed by atoms with Crippen LogP contribution in [0.5, 0.6) is 0 Å². The van der Waals surface area contributed by atoms with Gasteiger partial charge in [-0.1, -0.05) is 36.8 Å². The first-order chi connectivity index (χ1) is 12.2. The second-order valence-corrected chi connectivity index (χ2v) is 6.16. The van der Waals surface area contributed by atoms with Crippen molar-refractivity contribution in [2.24, 2.45) is 4.99 Å². The van der Waals surface area contributed by atoms with Crippen molar-refractivity contribution in [3.63, 3.8) is 0 Å². The van der Waals surface area contributed by atoms with Crippen LogP contribution in [0.2, 0.25) is 0 Å². The Morgan fingerprint density at radius 1 is 1.20 bits per heavy atom. The fourth-order valence-electron chi connectivity index (χ4n) is 3.03. The monoisotopic (exact) mass is 337 g/mol. The number of methoxy groups -OCH3 is 1. The van der Waals surface area contributed by atoms with E-state index in [-0.39, 0.29) is 12.0 Å². The maximum absolute atomic E-state index is 11.3. The van der Waals surface area contributed by atoms with Crippen molar-refractivity contribution >= 4 is 28.7 Å². The number of unbranched alkanes of at least 4 members (excludes halogenated alkanes) is 1. The number of carbonyl (C=O) groups excluding carboxylic acids is 1. The Kier molecular flexibility index (Phi) is 5.33. The molecule has 5 nitrogen and oxygen atoms in total. The van der Waals surface area contributed by atoms with E-state index >= 15 is 0 Å². The van der Waals surface area contributed by atoms with Crippen LogP contribution in [0.3, 0.4) is 0 Å². The van der Waals surface area contributed by atoms with E-state index in [4.69, 9.17) is 15.5 Å². The largest absolute Gasteiger partial charge is 0.469 e. The van der Waals surface area contributed by atoms with Crippen LogP contribution < -0.4 is 11.1 Å². The standard InChI is InChI=1S/C20H23N3O2/c1-25-19(24)10-6-5-9-17-20(14-7-3-2-4-8-14)23-16-12-11-15(21)13-18(16)22-17/h2-4,7-8,11-13,17,22H,5-6,9-10,21H2,1H3. The molecule has 1 aliphatic rings. The molecule has 1 aliphatic heterocycles. The molecule has 5 heteroatoms. The summed E-state index contributed by atoms with van der Waals surface area (Å²) in [5.41, 5.74) is 10.6. The van der Waals surface area contributed by atoms with E-state index in [1.165, 1.54) is 7.11 Å². The van der Waals surface area contributed by atoms with Crippen LogP contribution in [-0.4, -0.2) is 24.8 Å². The number of carbonyl (C=O) groups is 1. The highest BCUT2D eigenvalue weighted by Gasteiger charge is 2.23. The minimum absolute atomic E-state index is 0.0920. The van der Waals surface area contributed by atoms with Gasteiger partial charge in [-0.05, 0) is 36.6 Å². The molecule has 25 heavy (non-hydrogen) atoms. The van der Waals surface area contributed by atoms with Crippen molar-refractivity contribution in [3.8, 4) is 0 Å². The average Bonchev–Trinajstić information content (AvgIpc) is 2.65. The van der Waals surface area contributed by atoms with Gasteiger partial charge in [-0.2, -0.15) is 0 Å². The van der Waals surface area contributed by atoms with Gasteiger partial charge < -0.3 is 15.8 Å². The molecule has 1 atom stereocenters. The van der Waals surface area contributed by atoms with Gasteiger partial charge >= 0.3 is 5.97 Å². The van der Waals surface area contributed by atoms with Gasteiger partial charge in [-0.3, -0.25) is 4.79 Å². The quantitative estimate of drug-likeness (QED) is 0.476. The van der Waals surface area contributed by atoms with Gasteiger partial charge in [0.25, 0.3) is 0 Å². The lowest BCUT2D eigenvalue weighted by atomic mass is 9.95. The van der Waals surface area contributed by atoms with E-state index in [0.29, 0.717) is 12.1 Å². The van der Waals surface area contributed by atoms with Crippen molar-refractivity contribution in [2.45, 2.75) is 31.7 Å². The van der Waals surface area contributed by atoms with Crippen LogP contribution in [-0.2, 0) is 9.53 Å². The van der Waals surface area contributed by atoms with Crippen molar-refractivity contribution in [3.05, 3.63) is 54.1 Å². The van der Waals surface area contributed by atoms with Crippen molar-refractivity contribution in [1.29, 1.82) is 0 Å². The predicted molar refractivity (Wildman–Crippen MR) is 101 cm³/mol. The molecule has 0 aliphatic carbocycles. The number of hydrogen-bond acceptors (Lipinski definition) is 5. The highest BCUT2D eigenvalue weighted by atomic mass is 16.5. The maximum atomic E-state index is 11.3. The molecule has 0 radical (unpaired) electrons. The number of nitrogens with one attached hydrogen (secondary N) is 1. The molecule has 2 aromatic rings. The SMILES string of the molecule is COC(=O)CCCCC1Nc2cc(N)ccc2N=C1c1ccccc1. The number of fused-ring (bicyclic) bond motifs is 1. The maximum Gasteiger partial charge on any atom is 0.305 e. The number of benzene rings is 2. The number of rotatable bonds is 6. The number of esters is 1. The normalized spacial score (nSPS) is 15.7. The van der Waals surface area contributed by atoms with E-state index in [9.17, 15) is 4.79 Å².